The van der Waals surface area contributed by atoms with E-state index in [2.05, 4.69) is 17.3 Å². The molecule has 0 fully saturated rings. The van der Waals surface area contributed by atoms with Gasteiger partial charge in [-0.3, -0.25) is 4.68 Å². The van der Waals surface area contributed by atoms with Crippen molar-refractivity contribution in [2.75, 3.05) is 24.2 Å². The summed E-state index contributed by atoms with van der Waals surface area (Å²) in [6.45, 7) is 6.42. The molecule has 0 aliphatic rings. The van der Waals surface area contributed by atoms with Crippen molar-refractivity contribution in [2.24, 2.45) is 0 Å². The highest BCUT2D eigenvalue weighted by Gasteiger charge is 2.02. The summed E-state index contributed by atoms with van der Waals surface area (Å²) in [5.41, 5.74) is 8.74. The van der Waals surface area contributed by atoms with Crippen LogP contribution in [-0.4, -0.2) is 22.9 Å². The van der Waals surface area contributed by atoms with Crippen LogP contribution in [-0.2, 0) is 6.54 Å². The largest absolute Gasteiger partial charge is 0.491 e. The lowest BCUT2D eigenvalue weighted by Crippen LogP contribution is -2.11. The Morgan fingerprint density at radius 3 is 2.95 bits per heavy atom. The average Bonchev–Trinajstić information content (AvgIpc) is 2.85. The fourth-order valence-electron chi connectivity index (χ4n) is 1.89. The number of rotatable bonds is 7. The van der Waals surface area contributed by atoms with Gasteiger partial charge in [-0.15, -0.1) is 0 Å². The first-order valence-electron chi connectivity index (χ1n) is 6.94. The van der Waals surface area contributed by atoms with E-state index in [4.69, 9.17) is 10.5 Å². The normalized spacial score (nSPS) is 10.5. The maximum absolute atomic E-state index is 5.89. The summed E-state index contributed by atoms with van der Waals surface area (Å²) < 4.78 is 7.54. The zero-order chi connectivity index (χ0) is 14.4. The number of nitrogen functional groups attached to an aromatic ring is 1. The molecular weight excluding hydrogens is 252 g/mol. The van der Waals surface area contributed by atoms with E-state index in [0.717, 1.165) is 30.9 Å². The average molecular weight is 274 g/mol. The Morgan fingerprint density at radius 1 is 1.40 bits per heavy atom. The lowest BCUT2D eigenvalue weighted by molar-refractivity contribution is 0.319. The second kappa shape index (κ2) is 6.84. The van der Waals surface area contributed by atoms with E-state index >= 15 is 0 Å². The third kappa shape index (κ3) is 3.91. The maximum atomic E-state index is 5.89. The van der Waals surface area contributed by atoms with Crippen LogP contribution >= 0.6 is 0 Å². The van der Waals surface area contributed by atoms with E-state index in [1.807, 2.05) is 42.2 Å². The van der Waals surface area contributed by atoms with Gasteiger partial charge in [0.2, 0.25) is 0 Å². The van der Waals surface area contributed by atoms with E-state index in [-0.39, 0.29) is 0 Å². The number of benzene rings is 1. The Labute approximate surface area is 119 Å². The Hall–Kier alpha value is -2.17. The summed E-state index contributed by atoms with van der Waals surface area (Å²) in [4.78, 5) is 0. The molecule has 1 aromatic carbocycles. The molecule has 0 bridgehead atoms. The molecule has 0 spiro atoms. The Morgan fingerprint density at radius 2 is 2.25 bits per heavy atom. The molecule has 0 saturated carbocycles. The quantitative estimate of drug-likeness (QED) is 0.762. The molecule has 0 radical (unpaired) electrons. The van der Waals surface area contributed by atoms with Gasteiger partial charge in [-0.2, -0.15) is 5.10 Å². The molecule has 5 nitrogen and oxygen atoms in total. The van der Waals surface area contributed by atoms with Crippen LogP contribution in [0.1, 0.15) is 18.9 Å². The molecule has 0 aliphatic carbocycles. The van der Waals surface area contributed by atoms with Crippen molar-refractivity contribution in [3.8, 4) is 5.75 Å². The number of aryl methyl sites for hydroxylation is 1. The van der Waals surface area contributed by atoms with E-state index in [1.54, 1.807) is 0 Å². The zero-order valence-electron chi connectivity index (χ0n) is 12.1. The molecule has 0 atom stereocenters. The van der Waals surface area contributed by atoms with Crippen molar-refractivity contribution in [3.05, 3.63) is 36.2 Å². The van der Waals surface area contributed by atoms with Crippen molar-refractivity contribution in [3.63, 3.8) is 0 Å². The summed E-state index contributed by atoms with van der Waals surface area (Å²) in [5, 5.41) is 7.60. The molecule has 5 heteroatoms. The summed E-state index contributed by atoms with van der Waals surface area (Å²) in [6, 6.07) is 5.77. The molecule has 2 rings (SSSR count). The smallest absolute Gasteiger partial charge is 0.144 e. The Balaban J connectivity index is 1.89. The standard InChI is InChI=1S/C15H22N4O/c1-3-8-20-15-9-13(4-5-14(15)16)17-6-7-19-11-12(2)10-18-19/h4-5,9-11,17H,3,6-8,16H2,1-2H3. The second-order valence-corrected chi connectivity index (χ2v) is 4.81. The Bertz CT molecular complexity index is 551. The minimum Gasteiger partial charge on any atom is -0.491 e. The van der Waals surface area contributed by atoms with Gasteiger partial charge in [-0.1, -0.05) is 6.92 Å². The number of nitrogens with zero attached hydrogens (tertiary/aromatic N) is 2. The number of aromatic nitrogens is 2. The molecule has 2 aromatic rings. The molecule has 108 valence electrons. The van der Waals surface area contributed by atoms with E-state index in [1.165, 1.54) is 5.56 Å². The monoisotopic (exact) mass is 274 g/mol. The van der Waals surface area contributed by atoms with Gasteiger partial charge in [0, 0.05) is 24.5 Å². The third-order valence-electron chi connectivity index (χ3n) is 2.91. The first-order chi connectivity index (χ1) is 9.69. The van der Waals surface area contributed by atoms with Crippen LogP contribution in [0.5, 0.6) is 5.75 Å². The van der Waals surface area contributed by atoms with Crippen molar-refractivity contribution < 1.29 is 4.74 Å². The molecule has 0 aliphatic heterocycles. The molecule has 20 heavy (non-hydrogen) atoms. The van der Waals surface area contributed by atoms with Crippen LogP contribution in [0.4, 0.5) is 11.4 Å². The number of nitrogens with one attached hydrogen (secondary N) is 1. The van der Waals surface area contributed by atoms with Gasteiger partial charge in [0.25, 0.3) is 0 Å². The van der Waals surface area contributed by atoms with Crippen molar-refractivity contribution >= 4 is 11.4 Å². The topological polar surface area (TPSA) is 65.1 Å². The minimum atomic E-state index is 0.673. The first-order valence-corrected chi connectivity index (χ1v) is 6.94. The van der Waals surface area contributed by atoms with Crippen LogP contribution in [0.2, 0.25) is 0 Å². The van der Waals surface area contributed by atoms with Crippen LogP contribution < -0.4 is 15.8 Å². The fraction of sp³-hybridized carbons (Fsp3) is 0.400. The summed E-state index contributed by atoms with van der Waals surface area (Å²) in [6.07, 6.45) is 4.86. The van der Waals surface area contributed by atoms with Gasteiger partial charge in [0.1, 0.15) is 5.75 Å². The predicted molar refractivity (Wildman–Crippen MR) is 82.1 cm³/mol. The molecular formula is C15H22N4O. The van der Waals surface area contributed by atoms with Gasteiger partial charge in [-0.05, 0) is 31.0 Å². The van der Waals surface area contributed by atoms with Crippen molar-refractivity contribution in [1.29, 1.82) is 0 Å². The highest BCUT2D eigenvalue weighted by atomic mass is 16.5. The van der Waals surface area contributed by atoms with Gasteiger partial charge < -0.3 is 15.8 Å². The van der Waals surface area contributed by atoms with Gasteiger partial charge in [0.05, 0.1) is 25.0 Å². The van der Waals surface area contributed by atoms with Crippen molar-refractivity contribution in [1.82, 2.24) is 9.78 Å². The summed E-state index contributed by atoms with van der Waals surface area (Å²) in [7, 11) is 0. The predicted octanol–water partition coefficient (Wildman–Crippen LogP) is 2.67. The highest BCUT2D eigenvalue weighted by molar-refractivity contribution is 5.61. The van der Waals surface area contributed by atoms with Crippen LogP contribution in [0.3, 0.4) is 0 Å². The number of hydrogen-bond acceptors (Lipinski definition) is 4. The first kappa shape index (κ1) is 14.2. The van der Waals surface area contributed by atoms with Crippen LogP contribution in [0.15, 0.2) is 30.6 Å². The highest BCUT2D eigenvalue weighted by Crippen LogP contribution is 2.25. The van der Waals surface area contributed by atoms with Gasteiger partial charge in [0.15, 0.2) is 0 Å². The minimum absolute atomic E-state index is 0.673. The number of nitrogens with two attached hydrogens (primary N) is 1. The lowest BCUT2D eigenvalue weighted by atomic mass is 10.2. The molecule has 0 unspecified atom stereocenters. The van der Waals surface area contributed by atoms with Crippen LogP contribution in [0.25, 0.3) is 0 Å². The molecule has 0 amide bonds. The Kier molecular flexibility index (Phi) is 4.87. The van der Waals surface area contributed by atoms with Crippen molar-refractivity contribution in [2.45, 2.75) is 26.8 Å². The number of ether oxygens (including phenoxy) is 1. The summed E-state index contributed by atoms with van der Waals surface area (Å²) in [5.74, 6) is 0.742. The molecule has 3 N–H and O–H groups in total. The summed E-state index contributed by atoms with van der Waals surface area (Å²) >= 11 is 0. The van der Waals surface area contributed by atoms with Gasteiger partial charge >= 0.3 is 0 Å². The number of anilines is 2. The molecule has 1 aromatic heterocycles. The van der Waals surface area contributed by atoms with Crippen LogP contribution in [0, 0.1) is 6.92 Å². The van der Waals surface area contributed by atoms with E-state index < -0.39 is 0 Å². The second-order valence-electron chi connectivity index (χ2n) is 4.81. The maximum Gasteiger partial charge on any atom is 0.144 e. The van der Waals surface area contributed by atoms with Gasteiger partial charge in [-0.25, -0.2) is 0 Å². The fourth-order valence-corrected chi connectivity index (χ4v) is 1.89. The number of hydrogen-bond donors (Lipinski definition) is 2. The lowest BCUT2D eigenvalue weighted by Gasteiger charge is -2.11. The zero-order valence-corrected chi connectivity index (χ0v) is 12.1. The third-order valence-corrected chi connectivity index (χ3v) is 2.91. The van der Waals surface area contributed by atoms with E-state index in [9.17, 15) is 0 Å². The van der Waals surface area contributed by atoms with E-state index in [0.29, 0.717) is 12.3 Å². The molecule has 1 heterocycles. The molecule has 0 saturated heterocycles. The SMILES string of the molecule is CCCOc1cc(NCCn2cc(C)cn2)ccc1N.